The lowest BCUT2D eigenvalue weighted by Crippen LogP contribution is -2.23. The average Bonchev–Trinajstić information content (AvgIpc) is 3.10. The van der Waals surface area contributed by atoms with Crippen LogP contribution in [0.25, 0.3) is 0 Å². The number of halogens is 1. The number of hydrogen-bond donors (Lipinski definition) is 1. The van der Waals surface area contributed by atoms with Crippen LogP contribution in [0.5, 0.6) is 5.75 Å². The molecule has 1 aromatic carbocycles. The van der Waals surface area contributed by atoms with Crippen LogP contribution < -0.4 is 10.5 Å². The highest BCUT2D eigenvalue weighted by Crippen LogP contribution is 2.50. The molecule has 0 radical (unpaired) electrons. The molecule has 0 unspecified atom stereocenters. The van der Waals surface area contributed by atoms with Gasteiger partial charge in [-0.1, -0.05) is 6.42 Å². The topological polar surface area (TPSA) is 35.2 Å². The van der Waals surface area contributed by atoms with Gasteiger partial charge in [-0.3, -0.25) is 0 Å². The zero-order valence-corrected chi connectivity index (χ0v) is 10.6. The molecule has 0 aliphatic heterocycles. The highest BCUT2D eigenvalue weighted by atomic mass is 19.1. The second-order valence-electron chi connectivity index (χ2n) is 5.73. The van der Waals surface area contributed by atoms with Crippen molar-refractivity contribution in [2.45, 2.75) is 37.5 Å². The van der Waals surface area contributed by atoms with E-state index >= 15 is 0 Å². The first kappa shape index (κ1) is 12.0. The minimum Gasteiger partial charge on any atom is -0.493 e. The van der Waals surface area contributed by atoms with Crippen molar-refractivity contribution in [2.24, 2.45) is 11.7 Å². The Labute approximate surface area is 107 Å². The molecule has 2 fully saturated rings. The summed E-state index contributed by atoms with van der Waals surface area (Å²) in [4.78, 5) is 0. The zero-order chi connectivity index (χ0) is 12.6. The van der Waals surface area contributed by atoms with E-state index in [2.05, 4.69) is 0 Å². The van der Waals surface area contributed by atoms with Gasteiger partial charge in [0, 0.05) is 17.5 Å². The number of benzene rings is 1. The van der Waals surface area contributed by atoms with Gasteiger partial charge in [-0.25, -0.2) is 4.39 Å². The Morgan fingerprint density at radius 2 is 2.11 bits per heavy atom. The van der Waals surface area contributed by atoms with E-state index in [1.165, 1.54) is 25.3 Å². The summed E-state index contributed by atoms with van der Waals surface area (Å²) in [7, 11) is 0. The summed E-state index contributed by atoms with van der Waals surface area (Å²) in [6.07, 6.45) is 5.94. The van der Waals surface area contributed by atoms with Gasteiger partial charge in [0.1, 0.15) is 11.6 Å². The van der Waals surface area contributed by atoms with Crippen LogP contribution in [0.3, 0.4) is 0 Å². The normalized spacial score (nSPS) is 21.4. The summed E-state index contributed by atoms with van der Waals surface area (Å²) >= 11 is 0. The van der Waals surface area contributed by atoms with E-state index < -0.39 is 0 Å². The predicted molar refractivity (Wildman–Crippen MR) is 69.2 cm³/mol. The molecule has 0 heterocycles. The smallest absolute Gasteiger partial charge is 0.123 e. The molecule has 98 valence electrons. The fourth-order valence-corrected chi connectivity index (χ4v) is 2.64. The summed E-state index contributed by atoms with van der Waals surface area (Å²) < 4.78 is 19.3. The van der Waals surface area contributed by atoms with Crippen LogP contribution in [0.2, 0.25) is 0 Å². The molecule has 0 atom stereocenters. The summed E-state index contributed by atoms with van der Waals surface area (Å²) in [5.41, 5.74) is 6.79. The molecule has 0 bridgehead atoms. The van der Waals surface area contributed by atoms with Crippen LogP contribution >= 0.6 is 0 Å². The molecule has 2 saturated carbocycles. The Morgan fingerprint density at radius 1 is 1.33 bits per heavy atom. The standard InChI is InChI=1S/C15H20FNO/c16-12-4-5-14(18-9-11-2-1-3-11)13(8-12)15(10-17)6-7-15/h4-5,8,11H,1-3,6-7,9-10,17H2. The molecule has 0 spiro atoms. The maximum Gasteiger partial charge on any atom is 0.123 e. The van der Waals surface area contributed by atoms with Crippen LogP contribution in [0.1, 0.15) is 37.7 Å². The molecule has 1 aromatic rings. The van der Waals surface area contributed by atoms with Gasteiger partial charge in [0.2, 0.25) is 0 Å². The van der Waals surface area contributed by atoms with E-state index in [9.17, 15) is 4.39 Å². The second kappa shape index (κ2) is 4.54. The van der Waals surface area contributed by atoms with Crippen molar-refractivity contribution < 1.29 is 9.13 Å². The van der Waals surface area contributed by atoms with Gasteiger partial charge < -0.3 is 10.5 Å². The molecule has 2 nitrogen and oxygen atoms in total. The lowest BCUT2D eigenvalue weighted by Gasteiger charge is -2.26. The summed E-state index contributed by atoms with van der Waals surface area (Å²) in [6, 6.07) is 4.85. The average molecular weight is 249 g/mol. The van der Waals surface area contributed by atoms with Crippen molar-refractivity contribution in [3.63, 3.8) is 0 Å². The predicted octanol–water partition coefficient (Wildman–Crippen LogP) is 2.99. The van der Waals surface area contributed by atoms with E-state index in [1.54, 1.807) is 12.1 Å². The molecule has 0 amide bonds. The molecule has 2 aliphatic rings. The maximum atomic E-state index is 13.4. The molecule has 2 N–H and O–H groups in total. The van der Waals surface area contributed by atoms with E-state index in [-0.39, 0.29) is 11.2 Å². The van der Waals surface area contributed by atoms with Gasteiger partial charge in [0.25, 0.3) is 0 Å². The molecule has 3 heteroatoms. The Hall–Kier alpha value is -1.09. The van der Waals surface area contributed by atoms with Crippen molar-refractivity contribution in [3.8, 4) is 5.75 Å². The molecule has 3 rings (SSSR count). The lowest BCUT2D eigenvalue weighted by atomic mass is 9.86. The Kier molecular flexibility index (Phi) is 3.02. The second-order valence-corrected chi connectivity index (χ2v) is 5.73. The molecule has 18 heavy (non-hydrogen) atoms. The lowest BCUT2D eigenvalue weighted by molar-refractivity contribution is 0.178. The SMILES string of the molecule is NCC1(c2cc(F)ccc2OCC2CCC2)CC1. The zero-order valence-electron chi connectivity index (χ0n) is 10.6. The Balaban J connectivity index is 1.79. The van der Waals surface area contributed by atoms with Crippen molar-refractivity contribution in [3.05, 3.63) is 29.6 Å². The first-order chi connectivity index (χ1) is 8.73. The summed E-state index contributed by atoms with van der Waals surface area (Å²) in [5.74, 6) is 1.34. The maximum absolute atomic E-state index is 13.4. The van der Waals surface area contributed by atoms with Crippen LogP contribution in [0.4, 0.5) is 4.39 Å². The minimum absolute atomic E-state index is 0.0168. The molecular formula is C15H20FNO. The summed E-state index contributed by atoms with van der Waals surface area (Å²) in [6.45, 7) is 1.34. The largest absolute Gasteiger partial charge is 0.493 e. The van der Waals surface area contributed by atoms with Gasteiger partial charge in [-0.05, 0) is 49.8 Å². The van der Waals surface area contributed by atoms with E-state index in [4.69, 9.17) is 10.5 Å². The van der Waals surface area contributed by atoms with Crippen LogP contribution in [0, 0.1) is 11.7 Å². The van der Waals surface area contributed by atoms with Gasteiger partial charge in [-0.15, -0.1) is 0 Å². The van der Waals surface area contributed by atoms with Crippen molar-refractivity contribution in [1.29, 1.82) is 0 Å². The van der Waals surface area contributed by atoms with E-state index in [0.717, 1.165) is 30.8 Å². The Bertz CT molecular complexity index is 438. The fraction of sp³-hybridized carbons (Fsp3) is 0.600. The molecule has 2 aliphatic carbocycles. The van der Waals surface area contributed by atoms with Crippen molar-refractivity contribution in [2.75, 3.05) is 13.2 Å². The molecular weight excluding hydrogens is 229 g/mol. The highest BCUT2D eigenvalue weighted by Gasteiger charge is 2.45. The highest BCUT2D eigenvalue weighted by molar-refractivity contribution is 5.44. The molecule has 0 aromatic heterocycles. The van der Waals surface area contributed by atoms with Gasteiger partial charge in [-0.2, -0.15) is 0 Å². The quantitative estimate of drug-likeness (QED) is 0.870. The van der Waals surface area contributed by atoms with Crippen LogP contribution in [0.15, 0.2) is 18.2 Å². The Morgan fingerprint density at radius 3 is 2.67 bits per heavy atom. The van der Waals surface area contributed by atoms with E-state index in [0.29, 0.717) is 12.5 Å². The minimum atomic E-state index is -0.194. The first-order valence-electron chi connectivity index (χ1n) is 6.86. The third-order valence-electron chi connectivity index (χ3n) is 4.46. The van der Waals surface area contributed by atoms with E-state index in [1.807, 2.05) is 0 Å². The first-order valence-corrected chi connectivity index (χ1v) is 6.86. The third kappa shape index (κ3) is 2.12. The van der Waals surface area contributed by atoms with Crippen LogP contribution in [-0.2, 0) is 5.41 Å². The van der Waals surface area contributed by atoms with Crippen LogP contribution in [-0.4, -0.2) is 13.2 Å². The third-order valence-corrected chi connectivity index (χ3v) is 4.46. The van der Waals surface area contributed by atoms with Crippen molar-refractivity contribution >= 4 is 0 Å². The van der Waals surface area contributed by atoms with Gasteiger partial charge >= 0.3 is 0 Å². The van der Waals surface area contributed by atoms with Gasteiger partial charge in [0.05, 0.1) is 6.61 Å². The van der Waals surface area contributed by atoms with Crippen molar-refractivity contribution in [1.82, 2.24) is 0 Å². The monoisotopic (exact) mass is 249 g/mol. The number of ether oxygens (including phenoxy) is 1. The molecule has 0 saturated heterocycles. The van der Waals surface area contributed by atoms with Gasteiger partial charge in [0.15, 0.2) is 0 Å². The fourth-order valence-electron chi connectivity index (χ4n) is 2.64. The number of hydrogen-bond acceptors (Lipinski definition) is 2. The number of nitrogens with two attached hydrogens (primary N) is 1. The summed E-state index contributed by atoms with van der Waals surface area (Å²) in [5, 5.41) is 0. The number of rotatable bonds is 5.